The first-order valence-electron chi connectivity index (χ1n) is 5.44. The lowest BCUT2D eigenvalue weighted by molar-refractivity contribution is -0.123. The second kappa shape index (κ2) is 5.36. The van der Waals surface area contributed by atoms with Gasteiger partial charge in [0.1, 0.15) is 5.15 Å². The van der Waals surface area contributed by atoms with Crippen molar-refractivity contribution >= 4 is 23.2 Å². The topological polar surface area (TPSA) is 51.2 Å². The molecular weight excluding hydrogens is 240 g/mol. The van der Waals surface area contributed by atoms with E-state index in [1.165, 1.54) is 0 Å². The van der Waals surface area contributed by atoms with E-state index in [1.807, 2.05) is 27.7 Å². The molecule has 94 valence electrons. The quantitative estimate of drug-likeness (QED) is 0.846. The van der Waals surface area contributed by atoms with Crippen molar-refractivity contribution in [2.75, 3.05) is 11.9 Å². The van der Waals surface area contributed by atoms with Gasteiger partial charge in [-0.1, -0.05) is 32.4 Å². The van der Waals surface area contributed by atoms with Crippen LogP contribution in [0.2, 0.25) is 5.15 Å². The number of ether oxygens (including phenoxy) is 1. The summed E-state index contributed by atoms with van der Waals surface area (Å²) in [5, 5.41) is 3.07. The smallest absolute Gasteiger partial charge is 0.229 e. The molecule has 1 rings (SSSR count). The number of nitrogens with zero attached hydrogens (tertiary/aromatic N) is 1. The Kier molecular flexibility index (Phi) is 4.34. The summed E-state index contributed by atoms with van der Waals surface area (Å²) in [4.78, 5) is 15.8. The first-order valence-corrected chi connectivity index (χ1v) is 5.82. The fourth-order valence-electron chi connectivity index (χ4n) is 1.09. The fourth-order valence-corrected chi connectivity index (χ4v) is 1.29. The summed E-state index contributed by atoms with van der Waals surface area (Å²) in [5.74, 6) is 0.325. The summed E-state index contributed by atoms with van der Waals surface area (Å²) in [6, 6.07) is 3.24. The monoisotopic (exact) mass is 256 g/mol. The third kappa shape index (κ3) is 4.23. The average molecular weight is 257 g/mol. The van der Waals surface area contributed by atoms with Gasteiger partial charge in [-0.3, -0.25) is 4.79 Å². The van der Waals surface area contributed by atoms with Gasteiger partial charge in [0.05, 0.1) is 6.61 Å². The Morgan fingerprint density at radius 1 is 1.47 bits per heavy atom. The van der Waals surface area contributed by atoms with Gasteiger partial charge in [-0.2, -0.15) is 0 Å². The average Bonchev–Trinajstić information content (AvgIpc) is 2.15. The van der Waals surface area contributed by atoms with E-state index in [4.69, 9.17) is 16.3 Å². The molecule has 0 spiro atoms. The molecule has 17 heavy (non-hydrogen) atoms. The number of pyridine rings is 1. The van der Waals surface area contributed by atoms with E-state index in [-0.39, 0.29) is 5.91 Å². The number of halogens is 1. The van der Waals surface area contributed by atoms with E-state index >= 15 is 0 Å². The maximum absolute atomic E-state index is 11.8. The van der Waals surface area contributed by atoms with Crippen molar-refractivity contribution in [1.29, 1.82) is 0 Å². The van der Waals surface area contributed by atoms with Crippen LogP contribution in [0.25, 0.3) is 0 Å². The van der Waals surface area contributed by atoms with Gasteiger partial charge >= 0.3 is 0 Å². The second-order valence-corrected chi connectivity index (χ2v) is 5.04. The highest BCUT2D eigenvalue weighted by Crippen LogP contribution is 2.23. The molecule has 0 saturated carbocycles. The van der Waals surface area contributed by atoms with Crippen LogP contribution >= 0.6 is 11.6 Å². The van der Waals surface area contributed by atoms with E-state index in [1.54, 1.807) is 12.1 Å². The summed E-state index contributed by atoms with van der Waals surface area (Å²) < 4.78 is 5.25. The number of carbonyl (C=O) groups excluding carboxylic acids is 1. The van der Waals surface area contributed by atoms with Gasteiger partial charge in [0, 0.05) is 17.2 Å². The molecule has 0 aliphatic rings. The largest absolute Gasteiger partial charge is 0.478 e. The number of anilines is 1. The zero-order chi connectivity index (χ0) is 13.1. The van der Waals surface area contributed by atoms with Crippen LogP contribution in [0.1, 0.15) is 27.7 Å². The number of rotatable bonds is 3. The van der Waals surface area contributed by atoms with Crippen LogP contribution in [0.15, 0.2) is 12.1 Å². The van der Waals surface area contributed by atoms with Gasteiger partial charge < -0.3 is 10.1 Å². The molecule has 0 atom stereocenters. The first-order chi connectivity index (χ1) is 7.82. The Hall–Kier alpha value is -1.29. The Bertz CT molecular complexity index is 413. The number of carbonyl (C=O) groups is 1. The van der Waals surface area contributed by atoms with E-state index in [2.05, 4.69) is 10.3 Å². The zero-order valence-electron chi connectivity index (χ0n) is 10.5. The van der Waals surface area contributed by atoms with Crippen LogP contribution in [0.3, 0.4) is 0 Å². The molecule has 0 aliphatic heterocycles. The van der Waals surface area contributed by atoms with Crippen molar-refractivity contribution in [2.24, 2.45) is 5.41 Å². The summed E-state index contributed by atoms with van der Waals surface area (Å²) in [6.45, 7) is 7.88. The standard InChI is InChI=1S/C12H17ClN2O2/c1-5-17-10-7-8(6-9(13)15-10)14-11(16)12(2,3)4/h6-7H,5H2,1-4H3,(H,14,15,16). The van der Waals surface area contributed by atoms with Crippen molar-refractivity contribution in [3.8, 4) is 5.88 Å². The molecule has 1 aromatic heterocycles. The zero-order valence-corrected chi connectivity index (χ0v) is 11.3. The van der Waals surface area contributed by atoms with E-state index in [0.717, 1.165) is 0 Å². The van der Waals surface area contributed by atoms with Crippen LogP contribution in [-0.2, 0) is 4.79 Å². The minimum Gasteiger partial charge on any atom is -0.478 e. The third-order valence-electron chi connectivity index (χ3n) is 2.00. The second-order valence-electron chi connectivity index (χ2n) is 4.65. The molecule has 0 radical (unpaired) electrons. The molecule has 0 aliphatic carbocycles. The minimum absolute atomic E-state index is 0.0813. The summed E-state index contributed by atoms with van der Waals surface area (Å²) in [5.41, 5.74) is 0.134. The molecule has 0 aromatic carbocycles. The number of hydrogen-bond acceptors (Lipinski definition) is 3. The summed E-state index contributed by atoms with van der Waals surface area (Å²) in [6.07, 6.45) is 0. The van der Waals surface area contributed by atoms with Gasteiger partial charge in [0.2, 0.25) is 11.8 Å². The third-order valence-corrected chi connectivity index (χ3v) is 2.20. The van der Waals surface area contributed by atoms with Crippen LogP contribution in [0.4, 0.5) is 5.69 Å². The maximum atomic E-state index is 11.8. The van der Waals surface area contributed by atoms with Crippen LogP contribution in [0, 0.1) is 5.41 Å². The summed E-state index contributed by atoms with van der Waals surface area (Å²) in [7, 11) is 0. The van der Waals surface area contributed by atoms with E-state index in [9.17, 15) is 4.79 Å². The van der Waals surface area contributed by atoms with Crippen molar-refractivity contribution in [1.82, 2.24) is 4.98 Å². The Morgan fingerprint density at radius 2 is 2.12 bits per heavy atom. The molecule has 0 fully saturated rings. The lowest BCUT2D eigenvalue weighted by Crippen LogP contribution is -2.27. The Morgan fingerprint density at radius 3 is 2.65 bits per heavy atom. The number of hydrogen-bond donors (Lipinski definition) is 1. The highest BCUT2D eigenvalue weighted by molar-refractivity contribution is 6.29. The van der Waals surface area contributed by atoms with Crippen molar-refractivity contribution in [3.63, 3.8) is 0 Å². The number of amides is 1. The molecule has 1 amide bonds. The highest BCUT2D eigenvalue weighted by atomic mass is 35.5. The van der Waals surface area contributed by atoms with E-state index in [0.29, 0.717) is 23.3 Å². The molecule has 1 heterocycles. The fraction of sp³-hybridized carbons (Fsp3) is 0.500. The lowest BCUT2D eigenvalue weighted by atomic mass is 9.95. The molecule has 0 saturated heterocycles. The Labute approximate surface area is 106 Å². The molecule has 1 aromatic rings. The predicted octanol–water partition coefficient (Wildman–Crippen LogP) is 3.12. The molecular formula is C12H17ClN2O2. The summed E-state index contributed by atoms with van der Waals surface area (Å²) >= 11 is 5.84. The van der Waals surface area contributed by atoms with Gasteiger partial charge in [0.15, 0.2) is 0 Å². The first kappa shape index (κ1) is 13.8. The SMILES string of the molecule is CCOc1cc(NC(=O)C(C)(C)C)cc(Cl)n1. The number of aromatic nitrogens is 1. The van der Waals surface area contributed by atoms with Gasteiger partial charge in [0.25, 0.3) is 0 Å². The van der Waals surface area contributed by atoms with Crippen LogP contribution in [-0.4, -0.2) is 17.5 Å². The van der Waals surface area contributed by atoms with Crippen molar-refractivity contribution < 1.29 is 9.53 Å². The highest BCUT2D eigenvalue weighted by Gasteiger charge is 2.21. The normalized spacial score (nSPS) is 11.1. The molecule has 0 unspecified atom stereocenters. The predicted molar refractivity (Wildman–Crippen MR) is 68.5 cm³/mol. The lowest BCUT2D eigenvalue weighted by Gasteiger charge is -2.18. The van der Waals surface area contributed by atoms with Gasteiger partial charge in [-0.05, 0) is 13.0 Å². The Balaban J connectivity index is 2.88. The minimum atomic E-state index is -0.457. The molecule has 1 N–H and O–H groups in total. The molecule has 5 heteroatoms. The number of nitrogens with one attached hydrogen (secondary N) is 1. The van der Waals surface area contributed by atoms with Crippen LogP contribution < -0.4 is 10.1 Å². The maximum Gasteiger partial charge on any atom is 0.229 e. The van der Waals surface area contributed by atoms with Crippen molar-refractivity contribution in [2.45, 2.75) is 27.7 Å². The molecule has 0 bridgehead atoms. The van der Waals surface area contributed by atoms with Crippen molar-refractivity contribution in [3.05, 3.63) is 17.3 Å². The van der Waals surface area contributed by atoms with Crippen LogP contribution in [0.5, 0.6) is 5.88 Å². The van der Waals surface area contributed by atoms with E-state index < -0.39 is 5.41 Å². The van der Waals surface area contributed by atoms with Gasteiger partial charge in [-0.15, -0.1) is 0 Å². The van der Waals surface area contributed by atoms with Gasteiger partial charge in [-0.25, -0.2) is 4.98 Å². The molecule has 4 nitrogen and oxygen atoms in total.